The summed E-state index contributed by atoms with van der Waals surface area (Å²) < 4.78 is 5.86. The first-order valence-electron chi connectivity index (χ1n) is 10.7. The Hall–Kier alpha value is -3.88. The zero-order chi connectivity index (χ0) is 23.4. The molecule has 1 unspecified atom stereocenters. The quantitative estimate of drug-likeness (QED) is 0.338. The number of Topliss-reactive ketones (excluding diaryl/α,β-unsaturated/α-hetero) is 1. The average Bonchev–Trinajstić information content (AvgIpc) is 3.40. The van der Waals surface area contributed by atoms with Gasteiger partial charge in [0.25, 0.3) is 0 Å². The summed E-state index contributed by atoms with van der Waals surface area (Å²) in [5, 5.41) is 25.2. The number of aliphatic hydroxyl groups excluding tert-OH is 1. The van der Waals surface area contributed by atoms with Gasteiger partial charge in [0.1, 0.15) is 24.2 Å². The summed E-state index contributed by atoms with van der Waals surface area (Å²) in [6, 6.07) is 18.3. The van der Waals surface area contributed by atoms with Gasteiger partial charge >= 0.3 is 0 Å². The minimum atomic E-state index is -0.786. The molecule has 33 heavy (non-hydrogen) atoms. The Bertz CT molecular complexity index is 1190. The second kappa shape index (κ2) is 9.72. The van der Waals surface area contributed by atoms with Crippen LogP contribution in [0.2, 0.25) is 0 Å². The summed E-state index contributed by atoms with van der Waals surface area (Å²) in [5.74, 6) is 1.02. The Balaban J connectivity index is 1.43. The lowest BCUT2D eigenvalue weighted by molar-refractivity contribution is 0.0985. The fourth-order valence-electron chi connectivity index (χ4n) is 3.59. The van der Waals surface area contributed by atoms with E-state index in [9.17, 15) is 15.0 Å². The Labute approximate surface area is 191 Å². The minimum Gasteiger partial charge on any atom is -0.507 e. The van der Waals surface area contributed by atoms with Crippen molar-refractivity contribution in [3.8, 4) is 11.5 Å². The van der Waals surface area contributed by atoms with Gasteiger partial charge in [-0.15, -0.1) is 10.6 Å². The third-order valence-corrected chi connectivity index (χ3v) is 5.57. The lowest BCUT2D eigenvalue weighted by Gasteiger charge is -2.15. The van der Waals surface area contributed by atoms with Crippen molar-refractivity contribution in [2.45, 2.75) is 33.0 Å². The molecule has 3 aromatic carbocycles. The van der Waals surface area contributed by atoms with Crippen LogP contribution in [-0.4, -0.2) is 21.8 Å². The van der Waals surface area contributed by atoms with E-state index < -0.39 is 6.10 Å². The predicted octanol–water partition coefficient (Wildman–Crippen LogP) is 3.23. The highest BCUT2D eigenvalue weighted by Gasteiger charge is 2.16. The normalized spacial score (nSPS) is 13.6. The molecule has 8 nitrogen and oxygen atoms in total. The molecular formula is C25H26N4O4. The maximum atomic E-state index is 11.9. The summed E-state index contributed by atoms with van der Waals surface area (Å²) in [7, 11) is 0. The molecule has 8 heteroatoms. The fraction of sp³-hybridized carbons (Fsp3) is 0.200. The molecule has 1 atom stereocenters. The molecule has 0 amide bonds. The molecule has 0 bridgehead atoms. The van der Waals surface area contributed by atoms with Crippen LogP contribution in [0.1, 0.15) is 57.6 Å². The highest BCUT2D eigenvalue weighted by Crippen LogP contribution is 2.32. The molecule has 3 aromatic rings. The van der Waals surface area contributed by atoms with Gasteiger partial charge in [-0.05, 0) is 41.8 Å². The monoisotopic (exact) mass is 446 g/mol. The van der Waals surface area contributed by atoms with E-state index in [0.717, 1.165) is 22.3 Å². The summed E-state index contributed by atoms with van der Waals surface area (Å²) in [6.45, 7) is 3.78. The topological polar surface area (TPSA) is 115 Å². The summed E-state index contributed by atoms with van der Waals surface area (Å²) in [4.78, 5) is 11.9. The molecule has 0 radical (unpaired) electrons. The molecule has 0 saturated carbocycles. The van der Waals surface area contributed by atoms with Gasteiger partial charge in [-0.2, -0.15) is 0 Å². The highest BCUT2D eigenvalue weighted by molar-refractivity contribution is 5.99. The van der Waals surface area contributed by atoms with Gasteiger partial charge in [-0.1, -0.05) is 49.4 Å². The first kappa shape index (κ1) is 22.3. The molecule has 0 spiro atoms. The Kier molecular flexibility index (Phi) is 6.58. The van der Waals surface area contributed by atoms with E-state index in [-0.39, 0.29) is 11.5 Å². The maximum Gasteiger partial charge on any atom is 0.170 e. The van der Waals surface area contributed by atoms with Crippen LogP contribution in [0, 0.1) is 6.92 Å². The largest absolute Gasteiger partial charge is 0.507 e. The van der Waals surface area contributed by atoms with Crippen molar-refractivity contribution in [3.05, 3.63) is 94.0 Å². The molecule has 1 aliphatic heterocycles. The number of aliphatic hydroxyl groups is 1. The maximum absolute atomic E-state index is 11.9. The summed E-state index contributed by atoms with van der Waals surface area (Å²) in [5.41, 5.74) is 12.3. The number of ether oxygens (including phenoxy) is 1. The smallest absolute Gasteiger partial charge is 0.170 e. The van der Waals surface area contributed by atoms with Crippen LogP contribution in [0.3, 0.4) is 0 Å². The van der Waals surface area contributed by atoms with Crippen LogP contribution in [0.25, 0.3) is 0 Å². The van der Waals surface area contributed by atoms with Gasteiger partial charge in [0.2, 0.25) is 0 Å². The number of rotatable bonds is 8. The van der Waals surface area contributed by atoms with E-state index in [0.29, 0.717) is 35.7 Å². The van der Waals surface area contributed by atoms with E-state index in [2.05, 4.69) is 21.6 Å². The van der Waals surface area contributed by atoms with E-state index in [4.69, 9.17) is 4.74 Å². The number of hydrazine groups is 2. The second-order valence-electron chi connectivity index (χ2n) is 7.74. The number of hydrogen-bond acceptors (Lipinski definition) is 8. The third kappa shape index (κ3) is 4.82. The van der Waals surface area contributed by atoms with E-state index in [1.807, 2.05) is 48.5 Å². The molecule has 0 saturated heterocycles. The second-order valence-corrected chi connectivity index (χ2v) is 7.74. The molecule has 170 valence electrons. The van der Waals surface area contributed by atoms with Crippen LogP contribution in [0.15, 0.2) is 65.8 Å². The molecule has 0 aromatic heterocycles. The van der Waals surface area contributed by atoms with Gasteiger partial charge < -0.3 is 14.9 Å². The lowest BCUT2D eigenvalue weighted by Crippen LogP contribution is -2.35. The fourth-order valence-corrected chi connectivity index (χ4v) is 3.59. The molecule has 0 aliphatic carbocycles. The van der Waals surface area contributed by atoms with Crippen molar-refractivity contribution in [2.75, 3.05) is 0 Å². The van der Waals surface area contributed by atoms with Crippen molar-refractivity contribution < 1.29 is 19.7 Å². The number of nitrogens with zero attached hydrogens (tertiary/aromatic N) is 1. The number of benzene rings is 3. The highest BCUT2D eigenvalue weighted by atomic mass is 16.5. The van der Waals surface area contributed by atoms with Crippen molar-refractivity contribution in [3.63, 3.8) is 0 Å². The van der Waals surface area contributed by atoms with Gasteiger partial charge in [0.05, 0.1) is 5.56 Å². The Morgan fingerprint density at radius 2 is 1.88 bits per heavy atom. The number of nitrogens with one attached hydrogen (secondary N) is 3. The van der Waals surface area contributed by atoms with E-state index in [1.165, 1.54) is 0 Å². The van der Waals surface area contributed by atoms with Crippen LogP contribution >= 0.6 is 0 Å². The van der Waals surface area contributed by atoms with Crippen LogP contribution in [0.4, 0.5) is 0 Å². The first-order chi connectivity index (χ1) is 16.0. The molecular weight excluding hydrogens is 420 g/mol. The number of ketones is 1. The third-order valence-electron chi connectivity index (χ3n) is 5.57. The van der Waals surface area contributed by atoms with Crippen molar-refractivity contribution >= 4 is 11.6 Å². The Morgan fingerprint density at radius 1 is 1.09 bits per heavy atom. The summed E-state index contributed by atoms with van der Waals surface area (Å²) in [6.07, 6.45) is -0.457. The SMILES string of the molecule is CCC(=O)c1ccc(OCc2ccc(C(O)c3cccc(C4=NNNN4)c3)cc2)c(C)c1O. The van der Waals surface area contributed by atoms with Crippen molar-refractivity contribution in [1.29, 1.82) is 0 Å². The van der Waals surface area contributed by atoms with Gasteiger partial charge in [-0.3, -0.25) is 10.2 Å². The van der Waals surface area contributed by atoms with Gasteiger partial charge in [0, 0.05) is 17.5 Å². The number of carbonyl (C=O) groups excluding carboxylic acids is 1. The zero-order valence-corrected chi connectivity index (χ0v) is 18.4. The van der Waals surface area contributed by atoms with Crippen LogP contribution < -0.4 is 21.2 Å². The lowest BCUT2D eigenvalue weighted by atomic mass is 9.98. The summed E-state index contributed by atoms with van der Waals surface area (Å²) >= 11 is 0. The Morgan fingerprint density at radius 3 is 2.58 bits per heavy atom. The van der Waals surface area contributed by atoms with Crippen LogP contribution in [-0.2, 0) is 6.61 Å². The number of amidine groups is 1. The molecule has 5 N–H and O–H groups in total. The van der Waals surface area contributed by atoms with Crippen molar-refractivity contribution in [1.82, 2.24) is 16.5 Å². The molecule has 1 heterocycles. The number of hydrazone groups is 1. The molecule has 4 rings (SSSR count). The van der Waals surface area contributed by atoms with Gasteiger partial charge in [-0.25, -0.2) is 5.53 Å². The number of phenols is 1. The molecule has 0 fully saturated rings. The first-order valence-corrected chi connectivity index (χ1v) is 10.7. The molecule has 1 aliphatic rings. The van der Waals surface area contributed by atoms with Crippen molar-refractivity contribution in [2.24, 2.45) is 5.10 Å². The predicted molar refractivity (Wildman–Crippen MR) is 125 cm³/mol. The number of carbonyl (C=O) groups is 1. The van der Waals surface area contributed by atoms with E-state index >= 15 is 0 Å². The standard InChI is InChI=1S/C25H26N4O4/c1-3-21(30)20-11-12-22(15(2)23(20)31)33-14-16-7-9-17(10-8-16)24(32)18-5-4-6-19(13-18)25-26-28-29-27-25/h4-13,24,28-29,31-32H,3,14H2,1-2H3,(H,26,27). The van der Waals surface area contributed by atoms with Crippen LogP contribution in [0.5, 0.6) is 11.5 Å². The van der Waals surface area contributed by atoms with E-state index in [1.54, 1.807) is 26.0 Å². The average molecular weight is 447 g/mol. The number of phenolic OH excluding ortho intramolecular Hbond substituents is 1. The minimum absolute atomic E-state index is 0.0367. The zero-order valence-electron chi connectivity index (χ0n) is 18.4. The number of hydrogen-bond donors (Lipinski definition) is 5. The van der Waals surface area contributed by atoms with Gasteiger partial charge in [0.15, 0.2) is 11.6 Å². The number of aromatic hydroxyl groups is 1.